The van der Waals surface area contributed by atoms with E-state index in [1.165, 1.54) is 0 Å². The van der Waals surface area contributed by atoms with Crippen LogP contribution in [0.3, 0.4) is 0 Å². The molecule has 2 nitrogen and oxygen atoms in total. The van der Waals surface area contributed by atoms with E-state index in [1.807, 2.05) is 6.08 Å². The zero-order valence-electron chi connectivity index (χ0n) is 15.2. The lowest BCUT2D eigenvalue weighted by molar-refractivity contribution is -0.136. The molecule has 0 heterocycles. The first-order valence-electron chi connectivity index (χ1n) is 9.24. The third-order valence-electron chi connectivity index (χ3n) is 3.37. The van der Waals surface area contributed by atoms with Gasteiger partial charge in [0, 0.05) is 6.42 Å². The normalized spacial score (nSPS) is 12.7. The van der Waals surface area contributed by atoms with Crippen LogP contribution in [0.25, 0.3) is 0 Å². The average molecular weight is 331 g/mol. The smallest absolute Gasteiger partial charge is 0.303 e. The van der Waals surface area contributed by atoms with Gasteiger partial charge in [0.1, 0.15) is 0 Å². The molecule has 0 unspecified atom stereocenters. The van der Waals surface area contributed by atoms with Gasteiger partial charge in [-0.05, 0) is 57.8 Å². The first-order chi connectivity index (χ1) is 11.8. The van der Waals surface area contributed by atoms with Crippen molar-refractivity contribution >= 4 is 5.97 Å². The van der Waals surface area contributed by atoms with Gasteiger partial charge in [0.05, 0.1) is 0 Å². The van der Waals surface area contributed by atoms with Crippen molar-refractivity contribution in [2.75, 3.05) is 0 Å². The first kappa shape index (κ1) is 22.2. The molecule has 0 spiro atoms. The maximum Gasteiger partial charge on any atom is 0.303 e. The Balaban J connectivity index is 3.40. The Morgan fingerprint density at radius 2 is 1.00 bits per heavy atom. The van der Waals surface area contributed by atoms with Crippen LogP contribution in [0, 0.1) is 0 Å². The second-order valence-corrected chi connectivity index (χ2v) is 5.67. The van der Waals surface area contributed by atoms with Gasteiger partial charge >= 0.3 is 5.97 Å². The van der Waals surface area contributed by atoms with Gasteiger partial charge in [0.25, 0.3) is 0 Å². The summed E-state index contributed by atoms with van der Waals surface area (Å²) in [5.41, 5.74) is 0. The molecule has 0 aromatic heterocycles. The number of aliphatic carboxylic acids is 1. The van der Waals surface area contributed by atoms with Gasteiger partial charge in [-0.1, -0.05) is 67.7 Å². The molecular weight excluding hydrogens is 296 g/mol. The van der Waals surface area contributed by atoms with Gasteiger partial charge in [-0.25, -0.2) is 0 Å². The van der Waals surface area contributed by atoms with Crippen molar-refractivity contribution in [2.24, 2.45) is 0 Å². The molecule has 0 aromatic rings. The number of carboxylic acids is 1. The van der Waals surface area contributed by atoms with Gasteiger partial charge < -0.3 is 5.11 Å². The molecule has 0 atom stereocenters. The summed E-state index contributed by atoms with van der Waals surface area (Å²) in [6.07, 6.45) is 31.4. The van der Waals surface area contributed by atoms with E-state index in [2.05, 4.69) is 61.6 Å². The van der Waals surface area contributed by atoms with Gasteiger partial charge in [-0.3, -0.25) is 4.79 Å². The van der Waals surface area contributed by atoms with Crippen LogP contribution < -0.4 is 0 Å². The highest BCUT2D eigenvalue weighted by Gasteiger charge is 1.90. The van der Waals surface area contributed by atoms with E-state index in [0.717, 1.165) is 51.4 Å². The van der Waals surface area contributed by atoms with Crippen LogP contribution in [0.15, 0.2) is 60.8 Å². The lowest BCUT2D eigenvalue weighted by Gasteiger charge is -1.90. The van der Waals surface area contributed by atoms with Gasteiger partial charge in [-0.2, -0.15) is 0 Å². The number of rotatable bonds is 15. The Kier molecular flexibility index (Phi) is 17.8. The standard InChI is InChI=1S/C22H34O2/c1-2-3-4-5-6-7-8-9-10-11-12-13-14-15-16-17-18-19-20-21-22(23)24/h3-4,7-8,10-11,14-15,18-19H,2,5-6,9,12-13,16-17,20-21H2,1H3,(H,23,24)/b4-3+,8-7+,11-10+,15-14+,19-18-. The van der Waals surface area contributed by atoms with Crippen molar-refractivity contribution in [3.05, 3.63) is 60.8 Å². The fourth-order valence-electron chi connectivity index (χ4n) is 2.05. The predicted molar refractivity (Wildman–Crippen MR) is 105 cm³/mol. The van der Waals surface area contributed by atoms with E-state index in [9.17, 15) is 4.79 Å². The summed E-state index contributed by atoms with van der Waals surface area (Å²) >= 11 is 0. The predicted octanol–water partition coefficient (Wildman–Crippen LogP) is 6.77. The lowest BCUT2D eigenvalue weighted by atomic mass is 10.2. The summed E-state index contributed by atoms with van der Waals surface area (Å²) in [4.78, 5) is 10.3. The fraction of sp³-hybridized carbons (Fsp3) is 0.500. The zero-order valence-corrected chi connectivity index (χ0v) is 15.2. The highest BCUT2D eigenvalue weighted by Crippen LogP contribution is 2.01. The molecule has 134 valence electrons. The van der Waals surface area contributed by atoms with Crippen LogP contribution in [-0.4, -0.2) is 11.1 Å². The molecule has 0 aliphatic rings. The summed E-state index contributed by atoms with van der Waals surface area (Å²) < 4.78 is 0. The summed E-state index contributed by atoms with van der Waals surface area (Å²) in [7, 11) is 0. The monoisotopic (exact) mass is 330 g/mol. The number of unbranched alkanes of at least 4 members (excludes halogenated alkanes) is 3. The molecule has 0 saturated heterocycles. The Morgan fingerprint density at radius 3 is 1.42 bits per heavy atom. The van der Waals surface area contributed by atoms with Crippen molar-refractivity contribution in [2.45, 2.75) is 71.1 Å². The minimum Gasteiger partial charge on any atom is -0.481 e. The molecule has 0 aliphatic heterocycles. The molecule has 0 aliphatic carbocycles. The van der Waals surface area contributed by atoms with E-state index in [4.69, 9.17) is 5.11 Å². The summed E-state index contributed by atoms with van der Waals surface area (Å²) in [6, 6.07) is 0. The molecule has 0 radical (unpaired) electrons. The minimum atomic E-state index is -0.729. The number of hydrogen-bond acceptors (Lipinski definition) is 1. The SMILES string of the molecule is CC/C=C/CC/C=C/C/C=C/CC/C=C/CC/C=C\CCC(=O)O. The Labute approximate surface area is 148 Å². The minimum absolute atomic E-state index is 0.226. The van der Waals surface area contributed by atoms with Gasteiger partial charge in [0.15, 0.2) is 0 Å². The third-order valence-corrected chi connectivity index (χ3v) is 3.37. The number of carboxylic acid groups (broad SMARTS) is 1. The van der Waals surface area contributed by atoms with Crippen LogP contribution in [0.2, 0.25) is 0 Å². The highest BCUT2D eigenvalue weighted by molar-refractivity contribution is 5.66. The Hall–Kier alpha value is -1.83. The molecule has 2 heteroatoms. The lowest BCUT2D eigenvalue weighted by Crippen LogP contribution is -1.91. The second kappa shape index (κ2) is 19.2. The summed E-state index contributed by atoms with van der Waals surface area (Å²) in [5, 5.41) is 8.50. The Morgan fingerprint density at radius 1 is 0.625 bits per heavy atom. The summed E-state index contributed by atoms with van der Waals surface area (Å²) in [6.45, 7) is 2.16. The first-order valence-corrected chi connectivity index (χ1v) is 9.24. The van der Waals surface area contributed by atoms with Gasteiger partial charge in [-0.15, -0.1) is 0 Å². The largest absolute Gasteiger partial charge is 0.481 e. The zero-order chi connectivity index (χ0) is 17.7. The Bertz CT molecular complexity index is 425. The molecule has 24 heavy (non-hydrogen) atoms. The molecule has 1 N–H and O–H groups in total. The van der Waals surface area contributed by atoms with E-state index in [-0.39, 0.29) is 6.42 Å². The van der Waals surface area contributed by atoms with E-state index in [0.29, 0.717) is 6.42 Å². The van der Waals surface area contributed by atoms with Crippen LogP contribution in [0.4, 0.5) is 0 Å². The maximum absolute atomic E-state index is 10.3. The van der Waals surface area contributed by atoms with Crippen LogP contribution >= 0.6 is 0 Å². The van der Waals surface area contributed by atoms with Crippen LogP contribution in [0.1, 0.15) is 71.1 Å². The van der Waals surface area contributed by atoms with Gasteiger partial charge in [0.2, 0.25) is 0 Å². The van der Waals surface area contributed by atoms with E-state index < -0.39 is 5.97 Å². The van der Waals surface area contributed by atoms with Crippen molar-refractivity contribution in [1.29, 1.82) is 0 Å². The molecule has 0 saturated carbocycles. The highest BCUT2D eigenvalue weighted by atomic mass is 16.4. The fourth-order valence-corrected chi connectivity index (χ4v) is 2.05. The van der Waals surface area contributed by atoms with E-state index in [1.54, 1.807) is 0 Å². The quantitative estimate of drug-likeness (QED) is 0.265. The van der Waals surface area contributed by atoms with Crippen LogP contribution in [0.5, 0.6) is 0 Å². The number of hydrogen-bond donors (Lipinski definition) is 1. The number of carbonyl (C=O) groups is 1. The molecule has 0 amide bonds. The molecule has 0 aromatic carbocycles. The maximum atomic E-state index is 10.3. The van der Waals surface area contributed by atoms with Crippen LogP contribution in [-0.2, 0) is 4.79 Å². The summed E-state index contributed by atoms with van der Waals surface area (Å²) in [5.74, 6) is -0.729. The third kappa shape index (κ3) is 20.2. The molecular formula is C22H34O2. The topological polar surface area (TPSA) is 37.3 Å². The second-order valence-electron chi connectivity index (χ2n) is 5.67. The molecule has 0 fully saturated rings. The van der Waals surface area contributed by atoms with Crippen molar-refractivity contribution < 1.29 is 9.90 Å². The number of allylic oxidation sites excluding steroid dienone is 10. The van der Waals surface area contributed by atoms with E-state index >= 15 is 0 Å². The van der Waals surface area contributed by atoms with Crippen molar-refractivity contribution in [1.82, 2.24) is 0 Å². The molecule has 0 rings (SSSR count). The van der Waals surface area contributed by atoms with Crippen molar-refractivity contribution in [3.8, 4) is 0 Å². The van der Waals surface area contributed by atoms with Crippen molar-refractivity contribution in [3.63, 3.8) is 0 Å². The molecule has 0 bridgehead atoms. The average Bonchev–Trinajstić information content (AvgIpc) is 2.56.